The Morgan fingerprint density at radius 3 is 2.81 bits per heavy atom. The Labute approximate surface area is 126 Å². The molecule has 1 aliphatic rings. The second-order valence-corrected chi connectivity index (χ2v) is 5.86. The second kappa shape index (κ2) is 6.35. The molecule has 0 fully saturated rings. The molecule has 1 heterocycles. The van der Waals surface area contributed by atoms with Crippen molar-refractivity contribution < 1.29 is 0 Å². The van der Waals surface area contributed by atoms with Gasteiger partial charge in [0.1, 0.15) is 0 Å². The fraction of sp³-hybridized carbons (Fsp3) is 0.444. The van der Waals surface area contributed by atoms with Crippen LogP contribution < -0.4 is 5.32 Å². The molecule has 0 amide bonds. The van der Waals surface area contributed by atoms with Crippen molar-refractivity contribution in [2.45, 2.75) is 45.6 Å². The fourth-order valence-electron chi connectivity index (χ4n) is 2.92. The van der Waals surface area contributed by atoms with Gasteiger partial charge in [-0.15, -0.1) is 0 Å². The minimum Gasteiger partial charge on any atom is -0.310 e. The predicted molar refractivity (Wildman–Crippen MR) is 86.2 cm³/mol. The highest BCUT2D eigenvalue weighted by Gasteiger charge is 2.21. The first kappa shape index (κ1) is 14.2. The van der Waals surface area contributed by atoms with Crippen LogP contribution >= 0.6 is 0 Å². The van der Waals surface area contributed by atoms with E-state index in [1.807, 2.05) is 6.20 Å². The monoisotopic (exact) mass is 281 g/mol. The van der Waals surface area contributed by atoms with E-state index < -0.39 is 0 Å². The number of fused-ring (bicyclic) bond motifs is 1. The maximum atomic E-state index is 4.82. The van der Waals surface area contributed by atoms with Crippen molar-refractivity contribution in [3.8, 4) is 11.4 Å². The molecule has 0 saturated heterocycles. The number of aromatic nitrogens is 2. The molecule has 0 saturated carbocycles. The van der Waals surface area contributed by atoms with Crippen molar-refractivity contribution in [2.75, 3.05) is 6.54 Å². The highest BCUT2D eigenvalue weighted by Crippen LogP contribution is 2.29. The molecule has 1 unspecified atom stereocenters. The number of benzene rings is 1. The number of rotatable bonds is 4. The Morgan fingerprint density at radius 2 is 2.05 bits per heavy atom. The molecule has 1 aromatic carbocycles. The third kappa shape index (κ3) is 3.13. The number of aryl methyl sites for hydroxylation is 2. The smallest absolute Gasteiger partial charge is 0.159 e. The lowest BCUT2D eigenvalue weighted by atomic mass is 9.92. The Hall–Kier alpha value is -1.74. The minimum atomic E-state index is 0.431. The molecule has 1 N–H and O–H groups in total. The first-order chi connectivity index (χ1) is 10.3. The quantitative estimate of drug-likeness (QED) is 0.925. The molecular weight excluding hydrogens is 258 g/mol. The highest BCUT2D eigenvalue weighted by molar-refractivity contribution is 5.55. The first-order valence-corrected chi connectivity index (χ1v) is 7.94. The zero-order chi connectivity index (χ0) is 14.7. The molecule has 0 bridgehead atoms. The molecule has 1 atom stereocenters. The summed E-state index contributed by atoms with van der Waals surface area (Å²) in [5, 5.41) is 3.61. The molecule has 3 rings (SSSR count). The third-order valence-corrected chi connectivity index (χ3v) is 4.13. The average Bonchev–Trinajstić information content (AvgIpc) is 2.53. The van der Waals surface area contributed by atoms with Crippen molar-refractivity contribution in [1.82, 2.24) is 15.3 Å². The molecule has 1 aliphatic carbocycles. The van der Waals surface area contributed by atoms with Crippen LogP contribution in [0.15, 0.2) is 30.5 Å². The van der Waals surface area contributed by atoms with Gasteiger partial charge in [-0.2, -0.15) is 0 Å². The number of nitrogens with zero attached hydrogens (tertiary/aromatic N) is 2. The minimum absolute atomic E-state index is 0.431. The summed E-state index contributed by atoms with van der Waals surface area (Å²) in [4.78, 5) is 9.42. The van der Waals surface area contributed by atoms with Crippen molar-refractivity contribution in [2.24, 2.45) is 0 Å². The topological polar surface area (TPSA) is 37.8 Å². The molecule has 2 aromatic rings. The number of nitrogens with one attached hydrogen (secondary N) is 1. The predicted octanol–water partition coefficient (Wildman–Crippen LogP) is 3.83. The fourth-order valence-corrected chi connectivity index (χ4v) is 2.92. The Morgan fingerprint density at radius 1 is 1.24 bits per heavy atom. The molecule has 0 spiro atoms. The van der Waals surface area contributed by atoms with Gasteiger partial charge in [0.25, 0.3) is 0 Å². The van der Waals surface area contributed by atoms with Crippen LogP contribution in [0.1, 0.15) is 49.0 Å². The third-order valence-electron chi connectivity index (χ3n) is 4.13. The van der Waals surface area contributed by atoms with Crippen LogP contribution in [0, 0.1) is 6.92 Å². The maximum absolute atomic E-state index is 4.82. The van der Waals surface area contributed by atoms with Gasteiger partial charge in [-0.05, 0) is 39.2 Å². The zero-order valence-corrected chi connectivity index (χ0v) is 12.9. The molecule has 0 radical (unpaired) electrons. The standard InChI is InChI=1S/C18H23N3/c1-3-11-19-16-5-4-6-17-15(16)12-20-18(21-17)14-9-7-13(2)8-10-14/h7-10,12,16,19H,3-6,11H2,1-2H3. The van der Waals surface area contributed by atoms with Crippen LogP contribution in [0.2, 0.25) is 0 Å². The maximum Gasteiger partial charge on any atom is 0.159 e. The van der Waals surface area contributed by atoms with E-state index in [9.17, 15) is 0 Å². The van der Waals surface area contributed by atoms with Crippen LogP contribution in [0.4, 0.5) is 0 Å². The normalized spacial score (nSPS) is 17.5. The van der Waals surface area contributed by atoms with E-state index in [-0.39, 0.29) is 0 Å². The molecule has 3 heteroatoms. The van der Waals surface area contributed by atoms with E-state index in [0.29, 0.717) is 6.04 Å². The van der Waals surface area contributed by atoms with Crippen molar-refractivity contribution >= 4 is 0 Å². The largest absolute Gasteiger partial charge is 0.310 e. The molecule has 0 aliphatic heterocycles. The van der Waals surface area contributed by atoms with Crippen LogP contribution in [0.25, 0.3) is 11.4 Å². The van der Waals surface area contributed by atoms with Crippen molar-refractivity contribution in [1.29, 1.82) is 0 Å². The van der Waals surface area contributed by atoms with Gasteiger partial charge in [-0.25, -0.2) is 9.97 Å². The van der Waals surface area contributed by atoms with Gasteiger partial charge < -0.3 is 5.32 Å². The van der Waals surface area contributed by atoms with Gasteiger partial charge in [0.05, 0.1) is 0 Å². The van der Waals surface area contributed by atoms with E-state index in [1.54, 1.807) is 0 Å². The Bertz CT molecular complexity index is 604. The Kier molecular flexibility index (Phi) is 4.30. The van der Waals surface area contributed by atoms with E-state index in [2.05, 4.69) is 48.4 Å². The summed E-state index contributed by atoms with van der Waals surface area (Å²) in [6.45, 7) is 5.36. The zero-order valence-electron chi connectivity index (χ0n) is 12.9. The summed E-state index contributed by atoms with van der Waals surface area (Å²) in [6, 6.07) is 8.87. The van der Waals surface area contributed by atoms with Crippen LogP contribution in [0.3, 0.4) is 0 Å². The van der Waals surface area contributed by atoms with Crippen LogP contribution in [0.5, 0.6) is 0 Å². The number of hydrogen-bond acceptors (Lipinski definition) is 3. The van der Waals surface area contributed by atoms with E-state index in [1.165, 1.54) is 29.7 Å². The number of hydrogen-bond donors (Lipinski definition) is 1. The first-order valence-electron chi connectivity index (χ1n) is 7.94. The highest BCUT2D eigenvalue weighted by atomic mass is 14.9. The summed E-state index contributed by atoms with van der Waals surface area (Å²) in [5.74, 6) is 0.852. The molecule has 21 heavy (non-hydrogen) atoms. The van der Waals surface area contributed by atoms with Gasteiger partial charge in [-0.3, -0.25) is 0 Å². The lowest BCUT2D eigenvalue weighted by Gasteiger charge is -2.25. The van der Waals surface area contributed by atoms with Gasteiger partial charge in [0, 0.05) is 29.1 Å². The SMILES string of the molecule is CCCNC1CCCc2nc(-c3ccc(C)cc3)ncc21. The van der Waals surface area contributed by atoms with Crippen molar-refractivity contribution in [3.63, 3.8) is 0 Å². The van der Waals surface area contributed by atoms with E-state index in [0.717, 1.165) is 30.8 Å². The lowest BCUT2D eigenvalue weighted by Crippen LogP contribution is -2.26. The molecular formula is C18H23N3. The summed E-state index contributed by atoms with van der Waals surface area (Å²) in [7, 11) is 0. The average molecular weight is 281 g/mol. The van der Waals surface area contributed by atoms with Gasteiger partial charge >= 0.3 is 0 Å². The summed E-state index contributed by atoms with van der Waals surface area (Å²) in [6.07, 6.45) is 6.66. The Balaban J connectivity index is 1.88. The molecule has 110 valence electrons. The van der Waals surface area contributed by atoms with Crippen LogP contribution in [-0.2, 0) is 6.42 Å². The summed E-state index contributed by atoms with van der Waals surface area (Å²) >= 11 is 0. The van der Waals surface area contributed by atoms with Crippen LogP contribution in [-0.4, -0.2) is 16.5 Å². The summed E-state index contributed by atoms with van der Waals surface area (Å²) < 4.78 is 0. The van der Waals surface area contributed by atoms with E-state index >= 15 is 0 Å². The van der Waals surface area contributed by atoms with Gasteiger partial charge in [0.15, 0.2) is 5.82 Å². The molecule has 1 aromatic heterocycles. The van der Waals surface area contributed by atoms with Gasteiger partial charge in [-0.1, -0.05) is 36.8 Å². The summed E-state index contributed by atoms with van der Waals surface area (Å²) in [5.41, 5.74) is 4.89. The van der Waals surface area contributed by atoms with Crippen molar-refractivity contribution in [3.05, 3.63) is 47.3 Å². The second-order valence-electron chi connectivity index (χ2n) is 5.86. The van der Waals surface area contributed by atoms with Gasteiger partial charge in [0.2, 0.25) is 0 Å². The van der Waals surface area contributed by atoms with E-state index in [4.69, 9.17) is 4.98 Å². The molecule has 3 nitrogen and oxygen atoms in total. The lowest BCUT2D eigenvalue weighted by molar-refractivity contribution is 0.454.